The number of carbonyl (C=O) groups is 2. The van der Waals surface area contributed by atoms with Crippen molar-refractivity contribution in [3.8, 4) is 0 Å². The molecule has 0 aromatic carbocycles. The number of carbonyl (C=O) groups excluding carboxylic acids is 2. The molecule has 7 heteroatoms. The summed E-state index contributed by atoms with van der Waals surface area (Å²) in [5.41, 5.74) is 1.07. The summed E-state index contributed by atoms with van der Waals surface area (Å²) in [4.78, 5) is 26.4. The summed E-state index contributed by atoms with van der Waals surface area (Å²) in [5.74, 6) is 0.966. The predicted octanol–water partition coefficient (Wildman–Crippen LogP) is 1.12. The van der Waals surface area contributed by atoms with E-state index >= 15 is 0 Å². The van der Waals surface area contributed by atoms with Crippen LogP contribution in [0.4, 0.5) is 0 Å². The highest BCUT2D eigenvalue weighted by atomic mass is 16.5. The van der Waals surface area contributed by atoms with Crippen molar-refractivity contribution in [1.82, 2.24) is 20.4 Å². The minimum atomic E-state index is 0.110. The minimum Gasteiger partial charge on any atom is -0.381 e. The fourth-order valence-electron chi connectivity index (χ4n) is 3.56. The summed E-state index contributed by atoms with van der Waals surface area (Å²) in [6, 6.07) is 0. The standard InChI is InChI=1S/C18H28N4O3/c23-17(2-1-15-12-20-21-13-15)22-7-3-14(4-8-22)11-19-18(24)16-5-9-25-10-6-16/h12-14,16H,1-11H2,(H,19,24)(H,20,21). The van der Waals surface area contributed by atoms with Gasteiger partial charge in [-0.15, -0.1) is 0 Å². The molecular formula is C18H28N4O3. The SMILES string of the molecule is O=C(NCC1CCN(C(=O)CCc2cn[nH]c2)CC1)C1CCOCC1. The van der Waals surface area contributed by atoms with Crippen molar-refractivity contribution < 1.29 is 14.3 Å². The summed E-state index contributed by atoms with van der Waals surface area (Å²) in [7, 11) is 0. The average molecular weight is 348 g/mol. The van der Waals surface area contributed by atoms with Crippen LogP contribution < -0.4 is 5.32 Å². The first-order chi connectivity index (χ1) is 12.2. The number of nitrogens with one attached hydrogen (secondary N) is 2. The molecule has 2 aliphatic heterocycles. The van der Waals surface area contributed by atoms with Crippen LogP contribution in [-0.4, -0.2) is 59.8 Å². The molecule has 2 N–H and O–H groups in total. The summed E-state index contributed by atoms with van der Waals surface area (Å²) in [6.07, 6.45) is 8.45. The molecule has 1 aromatic rings. The molecule has 0 atom stereocenters. The zero-order valence-corrected chi connectivity index (χ0v) is 14.7. The Bertz CT molecular complexity index is 547. The number of aryl methyl sites for hydroxylation is 1. The van der Waals surface area contributed by atoms with Crippen molar-refractivity contribution >= 4 is 11.8 Å². The summed E-state index contributed by atoms with van der Waals surface area (Å²) in [6.45, 7) is 3.70. The van der Waals surface area contributed by atoms with E-state index < -0.39 is 0 Å². The molecule has 7 nitrogen and oxygen atoms in total. The van der Waals surface area contributed by atoms with E-state index in [1.165, 1.54) is 0 Å². The van der Waals surface area contributed by atoms with E-state index in [9.17, 15) is 9.59 Å². The van der Waals surface area contributed by atoms with E-state index in [0.717, 1.165) is 57.3 Å². The van der Waals surface area contributed by atoms with E-state index in [1.54, 1.807) is 6.20 Å². The van der Waals surface area contributed by atoms with Crippen LogP contribution >= 0.6 is 0 Å². The van der Waals surface area contributed by atoms with E-state index in [2.05, 4.69) is 15.5 Å². The molecule has 2 saturated heterocycles. The molecule has 2 fully saturated rings. The van der Waals surface area contributed by atoms with Crippen molar-refractivity contribution in [2.75, 3.05) is 32.8 Å². The van der Waals surface area contributed by atoms with Gasteiger partial charge in [-0.25, -0.2) is 0 Å². The van der Waals surface area contributed by atoms with E-state index in [1.807, 2.05) is 11.1 Å². The van der Waals surface area contributed by atoms with E-state index in [-0.39, 0.29) is 17.7 Å². The van der Waals surface area contributed by atoms with Gasteiger partial charge < -0.3 is 15.0 Å². The van der Waals surface area contributed by atoms with Gasteiger partial charge in [0.05, 0.1) is 6.20 Å². The third-order valence-electron chi connectivity index (χ3n) is 5.31. The Hall–Kier alpha value is -1.89. The molecule has 0 unspecified atom stereocenters. The van der Waals surface area contributed by atoms with Gasteiger partial charge in [0.1, 0.15) is 0 Å². The zero-order chi connectivity index (χ0) is 17.5. The van der Waals surface area contributed by atoms with Crippen molar-refractivity contribution in [3.05, 3.63) is 18.0 Å². The predicted molar refractivity (Wildman–Crippen MR) is 92.8 cm³/mol. The molecule has 0 spiro atoms. The molecule has 2 amide bonds. The Morgan fingerprint density at radius 2 is 2.00 bits per heavy atom. The first-order valence-corrected chi connectivity index (χ1v) is 9.33. The Balaban J connectivity index is 1.32. The van der Waals surface area contributed by atoms with Gasteiger partial charge in [0, 0.05) is 51.4 Å². The highest BCUT2D eigenvalue weighted by Crippen LogP contribution is 2.19. The van der Waals surface area contributed by atoms with Crippen molar-refractivity contribution in [2.24, 2.45) is 11.8 Å². The lowest BCUT2D eigenvalue weighted by atomic mass is 9.95. The number of hydrogen-bond acceptors (Lipinski definition) is 4. The second kappa shape index (κ2) is 8.99. The van der Waals surface area contributed by atoms with E-state index in [0.29, 0.717) is 25.6 Å². The Labute approximate surface area is 148 Å². The summed E-state index contributed by atoms with van der Waals surface area (Å²) < 4.78 is 5.30. The molecule has 3 heterocycles. The van der Waals surface area contributed by atoms with Gasteiger partial charge in [0.15, 0.2) is 0 Å². The molecule has 0 radical (unpaired) electrons. The Morgan fingerprint density at radius 1 is 1.24 bits per heavy atom. The molecule has 138 valence electrons. The zero-order valence-electron chi connectivity index (χ0n) is 14.7. The lowest BCUT2D eigenvalue weighted by Crippen LogP contribution is -2.43. The molecule has 2 aliphatic rings. The lowest BCUT2D eigenvalue weighted by Gasteiger charge is -2.32. The lowest BCUT2D eigenvalue weighted by molar-refractivity contribution is -0.133. The number of amides is 2. The van der Waals surface area contributed by atoms with Gasteiger partial charge in [-0.3, -0.25) is 14.7 Å². The third kappa shape index (κ3) is 5.29. The summed E-state index contributed by atoms with van der Waals surface area (Å²) in [5, 5.41) is 9.77. The highest BCUT2D eigenvalue weighted by Gasteiger charge is 2.25. The number of H-pyrrole nitrogens is 1. The number of piperidine rings is 1. The molecule has 0 aliphatic carbocycles. The number of nitrogens with zero attached hydrogens (tertiary/aromatic N) is 2. The quantitative estimate of drug-likeness (QED) is 0.807. The van der Waals surface area contributed by atoms with Crippen LogP contribution in [-0.2, 0) is 20.7 Å². The van der Waals surface area contributed by atoms with Gasteiger partial charge in [0.2, 0.25) is 11.8 Å². The first kappa shape index (κ1) is 17.9. The maximum Gasteiger partial charge on any atom is 0.223 e. The normalized spacial score (nSPS) is 19.8. The molecule has 1 aromatic heterocycles. The van der Waals surface area contributed by atoms with Crippen molar-refractivity contribution in [1.29, 1.82) is 0 Å². The number of rotatable bonds is 6. The highest BCUT2D eigenvalue weighted by molar-refractivity contribution is 5.78. The van der Waals surface area contributed by atoms with Gasteiger partial charge in [-0.2, -0.15) is 5.10 Å². The first-order valence-electron chi connectivity index (χ1n) is 9.33. The Morgan fingerprint density at radius 3 is 2.68 bits per heavy atom. The fraction of sp³-hybridized carbons (Fsp3) is 0.722. The summed E-state index contributed by atoms with van der Waals surface area (Å²) >= 11 is 0. The molecule has 25 heavy (non-hydrogen) atoms. The topological polar surface area (TPSA) is 87.3 Å². The molecule has 3 rings (SSSR count). The molecule has 0 bridgehead atoms. The number of ether oxygens (including phenoxy) is 1. The van der Waals surface area contributed by atoms with Crippen LogP contribution in [0.2, 0.25) is 0 Å². The average Bonchev–Trinajstić information content (AvgIpc) is 3.19. The van der Waals surface area contributed by atoms with Crippen LogP contribution in [0.5, 0.6) is 0 Å². The number of aromatic amines is 1. The maximum atomic E-state index is 12.3. The van der Waals surface area contributed by atoms with E-state index in [4.69, 9.17) is 4.74 Å². The third-order valence-corrected chi connectivity index (χ3v) is 5.31. The monoisotopic (exact) mass is 348 g/mol. The largest absolute Gasteiger partial charge is 0.381 e. The maximum absolute atomic E-state index is 12.3. The second-order valence-corrected chi connectivity index (χ2v) is 7.06. The van der Waals surface area contributed by atoms with Gasteiger partial charge >= 0.3 is 0 Å². The smallest absolute Gasteiger partial charge is 0.223 e. The van der Waals surface area contributed by atoms with Crippen LogP contribution in [0.3, 0.4) is 0 Å². The van der Waals surface area contributed by atoms with Crippen molar-refractivity contribution in [3.63, 3.8) is 0 Å². The second-order valence-electron chi connectivity index (χ2n) is 7.06. The van der Waals surface area contributed by atoms with Crippen LogP contribution in [0.15, 0.2) is 12.4 Å². The molecule has 0 saturated carbocycles. The van der Waals surface area contributed by atoms with Crippen LogP contribution in [0.1, 0.15) is 37.7 Å². The van der Waals surface area contributed by atoms with Crippen LogP contribution in [0, 0.1) is 11.8 Å². The van der Waals surface area contributed by atoms with Gasteiger partial charge in [0.25, 0.3) is 0 Å². The molecular weight excluding hydrogens is 320 g/mol. The Kier molecular flexibility index (Phi) is 6.44. The number of hydrogen-bond donors (Lipinski definition) is 2. The fourth-order valence-corrected chi connectivity index (χ4v) is 3.56. The number of aromatic nitrogens is 2. The van der Waals surface area contributed by atoms with Crippen LogP contribution in [0.25, 0.3) is 0 Å². The minimum absolute atomic E-state index is 0.110. The number of likely N-dealkylation sites (tertiary alicyclic amines) is 1. The van der Waals surface area contributed by atoms with Crippen molar-refractivity contribution in [2.45, 2.75) is 38.5 Å². The van der Waals surface area contributed by atoms with Gasteiger partial charge in [-0.1, -0.05) is 0 Å². The van der Waals surface area contributed by atoms with Gasteiger partial charge in [-0.05, 0) is 43.6 Å².